The van der Waals surface area contributed by atoms with Gasteiger partial charge in [-0.05, 0) is 42.5 Å². The van der Waals surface area contributed by atoms with Gasteiger partial charge in [0.05, 0.1) is 17.9 Å². The molecule has 1 atom stereocenters. The summed E-state index contributed by atoms with van der Waals surface area (Å²) in [5.41, 5.74) is 1.86. The smallest absolute Gasteiger partial charge is 0.310 e. The Hall–Kier alpha value is -2.71. The number of methoxy groups -OCH3 is 1. The van der Waals surface area contributed by atoms with Crippen molar-refractivity contribution in [1.82, 2.24) is 9.62 Å². The molecular formula is C24H30N2O5S. The number of sulfonamides is 1. The van der Waals surface area contributed by atoms with E-state index in [1.165, 1.54) is 7.11 Å². The van der Waals surface area contributed by atoms with E-state index in [0.29, 0.717) is 13.0 Å². The molecule has 1 unspecified atom stereocenters. The zero-order valence-electron chi connectivity index (χ0n) is 18.5. The van der Waals surface area contributed by atoms with E-state index in [-0.39, 0.29) is 35.8 Å². The maximum atomic E-state index is 13.0. The number of esters is 1. The molecule has 0 spiro atoms. The summed E-state index contributed by atoms with van der Waals surface area (Å²) in [7, 11) is -2.15. The minimum atomic E-state index is -3.49. The number of benzene rings is 2. The Balaban J connectivity index is 1.62. The molecule has 7 nitrogen and oxygen atoms in total. The van der Waals surface area contributed by atoms with Gasteiger partial charge in [0, 0.05) is 25.6 Å². The molecule has 1 N–H and O–H groups in total. The monoisotopic (exact) mass is 458 g/mol. The molecule has 2 aromatic rings. The number of carbonyl (C=O) groups excluding carboxylic acids is 2. The fourth-order valence-electron chi connectivity index (χ4n) is 3.40. The molecule has 1 fully saturated rings. The SMILES string of the molecule is COC(=O)C(C)CN(Cc1ccccc1)C(=O)CCc1ccc(S(=O)(=O)NC2CC2)cc1. The largest absolute Gasteiger partial charge is 0.469 e. The first-order valence-corrected chi connectivity index (χ1v) is 12.3. The van der Waals surface area contributed by atoms with E-state index >= 15 is 0 Å². The molecule has 32 heavy (non-hydrogen) atoms. The Morgan fingerprint density at radius 3 is 2.31 bits per heavy atom. The molecule has 2 aromatic carbocycles. The van der Waals surface area contributed by atoms with Gasteiger partial charge in [0.1, 0.15) is 0 Å². The molecule has 0 aromatic heterocycles. The van der Waals surface area contributed by atoms with Gasteiger partial charge in [-0.15, -0.1) is 0 Å². The van der Waals surface area contributed by atoms with E-state index in [9.17, 15) is 18.0 Å². The molecule has 8 heteroatoms. The zero-order chi connectivity index (χ0) is 23.1. The molecule has 0 heterocycles. The van der Waals surface area contributed by atoms with Gasteiger partial charge >= 0.3 is 5.97 Å². The van der Waals surface area contributed by atoms with Gasteiger partial charge in [-0.25, -0.2) is 13.1 Å². The fraction of sp³-hybridized carbons (Fsp3) is 0.417. The van der Waals surface area contributed by atoms with Crippen molar-refractivity contribution in [3.8, 4) is 0 Å². The van der Waals surface area contributed by atoms with Gasteiger partial charge in [0.15, 0.2) is 0 Å². The average molecular weight is 459 g/mol. The lowest BCUT2D eigenvalue weighted by Gasteiger charge is -2.25. The van der Waals surface area contributed by atoms with Crippen LogP contribution in [0.3, 0.4) is 0 Å². The predicted octanol–water partition coefficient (Wildman–Crippen LogP) is 2.90. The van der Waals surface area contributed by atoms with E-state index in [1.54, 1.807) is 36.1 Å². The summed E-state index contributed by atoms with van der Waals surface area (Å²) in [4.78, 5) is 26.8. The van der Waals surface area contributed by atoms with Crippen LogP contribution in [0, 0.1) is 5.92 Å². The minimum absolute atomic E-state index is 0.0558. The Morgan fingerprint density at radius 1 is 1.06 bits per heavy atom. The number of amides is 1. The van der Waals surface area contributed by atoms with Crippen LogP contribution < -0.4 is 4.72 Å². The lowest BCUT2D eigenvalue weighted by molar-refractivity contribution is -0.146. The standard InChI is InChI=1S/C24H30N2O5S/c1-18(24(28)31-2)16-26(17-20-6-4-3-5-7-20)23(27)15-10-19-8-13-22(14-9-19)32(29,30)25-21-11-12-21/h3-9,13-14,18,21,25H,10-12,15-17H2,1-2H3. The topological polar surface area (TPSA) is 92.8 Å². The molecule has 3 rings (SSSR count). The van der Waals surface area contributed by atoms with Crippen LogP contribution in [0.1, 0.15) is 37.3 Å². The number of nitrogens with one attached hydrogen (secondary N) is 1. The van der Waals surface area contributed by atoms with Crippen molar-refractivity contribution in [3.63, 3.8) is 0 Å². The Bertz CT molecular complexity index is 1020. The minimum Gasteiger partial charge on any atom is -0.469 e. The van der Waals surface area contributed by atoms with Crippen LogP contribution in [0.15, 0.2) is 59.5 Å². The summed E-state index contributed by atoms with van der Waals surface area (Å²) in [6.45, 7) is 2.42. The van der Waals surface area contributed by atoms with Crippen LogP contribution >= 0.6 is 0 Å². The molecular weight excluding hydrogens is 428 g/mol. The maximum absolute atomic E-state index is 13.0. The van der Waals surface area contributed by atoms with E-state index in [4.69, 9.17) is 4.74 Å². The molecule has 1 aliphatic rings. The lowest BCUT2D eigenvalue weighted by atomic mass is 10.1. The third-order valence-electron chi connectivity index (χ3n) is 5.43. The second-order valence-electron chi connectivity index (χ2n) is 8.22. The fourth-order valence-corrected chi connectivity index (χ4v) is 4.70. The van der Waals surface area contributed by atoms with E-state index in [2.05, 4.69) is 4.72 Å². The number of ether oxygens (including phenoxy) is 1. The Kier molecular flexibility index (Phi) is 8.04. The molecule has 172 valence electrons. The van der Waals surface area contributed by atoms with Crippen LogP contribution in [-0.4, -0.2) is 44.9 Å². The van der Waals surface area contributed by atoms with Crippen LogP contribution in [0.5, 0.6) is 0 Å². The van der Waals surface area contributed by atoms with Crippen LogP contribution in [0.25, 0.3) is 0 Å². The predicted molar refractivity (Wildman–Crippen MR) is 121 cm³/mol. The number of rotatable bonds is 11. The van der Waals surface area contributed by atoms with Gasteiger partial charge in [0.25, 0.3) is 0 Å². The normalized spacial score (nSPS) is 14.6. The lowest BCUT2D eigenvalue weighted by Crippen LogP contribution is -2.37. The van der Waals surface area contributed by atoms with Gasteiger partial charge in [-0.1, -0.05) is 49.4 Å². The van der Waals surface area contributed by atoms with Crippen molar-refractivity contribution in [1.29, 1.82) is 0 Å². The number of hydrogen-bond donors (Lipinski definition) is 1. The first-order chi connectivity index (χ1) is 15.3. The number of hydrogen-bond acceptors (Lipinski definition) is 5. The van der Waals surface area contributed by atoms with Crippen molar-refractivity contribution < 1.29 is 22.7 Å². The van der Waals surface area contributed by atoms with E-state index in [1.807, 2.05) is 30.3 Å². The molecule has 1 aliphatic carbocycles. The number of carbonyl (C=O) groups is 2. The summed E-state index contributed by atoms with van der Waals surface area (Å²) in [6.07, 6.45) is 2.50. The zero-order valence-corrected chi connectivity index (χ0v) is 19.3. The maximum Gasteiger partial charge on any atom is 0.310 e. The first kappa shape index (κ1) is 23.9. The van der Waals surface area contributed by atoms with E-state index < -0.39 is 15.9 Å². The molecule has 0 saturated heterocycles. The average Bonchev–Trinajstić information content (AvgIpc) is 3.60. The highest BCUT2D eigenvalue weighted by atomic mass is 32.2. The molecule has 0 bridgehead atoms. The van der Waals surface area contributed by atoms with Crippen LogP contribution in [0.4, 0.5) is 0 Å². The third kappa shape index (κ3) is 6.90. The summed E-state index contributed by atoms with van der Waals surface area (Å²) in [6, 6.07) is 16.3. The Morgan fingerprint density at radius 2 is 1.72 bits per heavy atom. The van der Waals surface area contributed by atoms with Crippen LogP contribution in [-0.2, 0) is 37.3 Å². The summed E-state index contributed by atoms with van der Waals surface area (Å²) in [5, 5.41) is 0. The van der Waals surface area contributed by atoms with Gasteiger partial charge in [0.2, 0.25) is 15.9 Å². The molecule has 1 saturated carbocycles. The van der Waals surface area contributed by atoms with Crippen molar-refractivity contribution in [2.45, 2.75) is 50.1 Å². The molecule has 0 aliphatic heterocycles. The second-order valence-corrected chi connectivity index (χ2v) is 9.94. The summed E-state index contributed by atoms with van der Waals surface area (Å²) in [5.74, 6) is -0.861. The van der Waals surface area contributed by atoms with Crippen LogP contribution in [0.2, 0.25) is 0 Å². The van der Waals surface area contributed by atoms with Gasteiger partial charge < -0.3 is 9.64 Å². The van der Waals surface area contributed by atoms with Crippen molar-refractivity contribution in [3.05, 3.63) is 65.7 Å². The number of nitrogens with zero attached hydrogens (tertiary/aromatic N) is 1. The highest BCUT2D eigenvalue weighted by molar-refractivity contribution is 7.89. The number of aryl methyl sites for hydroxylation is 1. The quantitative estimate of drug-likeness (QED) is 0.523. The van der Waals surface area contributed by atoms with Gasteiger partial charge in [-0.3, -0.25) is 9.59 Å². The highest BCUT2D eigenvalue weighted by Gasteiger charge is 2.28. The summed E-state index contributed by atoms with van der Waals surface area (Å²) >= 11 is 0. The second kappa shape index (κ2) is 10.7. The molecule has 0 radical (unpaired) electrons. The Labute approximate surface area is 189 Å². The van der Waals surface area contributed by atoms with Gasteiger partial charge in [-0.2, -0.15) is 0 Å². The molecule has 1 amide bonds. The van der Waals surface area contributed by atoms with E-state index in [0.717, 1.165) is 24.0 Å². The van der Waals surface area contributed by atoms with Crippen molar-refractivity contribution in [2.24, 2.45) is 5.92 Å². The third-order valence-corrected chi connectivity index (χ3v) is 6.96. The highest BCUT2D eigenvalue weighted by Crippen LogP contribution is 2.22. The summed E-state index contributed by atoms with van der Waals surface area (Å²) < 4.78 is 32.1. The van der Waals surface area contributed by atoms with Crippen molar-refractivity contribution in [2.75, 3.05) is 13.7 Å². The van der Waals surface area contributed by atoms with Crippen molar-refractivity contribution >= 4 is 21.9 Å². The first-order valence-electron chi connectivity index (χ1n) is 10.8.